The molecule has 2 saturated carbocycles. The van der Waals surface area contributed by atoms with Gasteiger partial charge in [0.2, 0.25) is 0 Å². The molecule has 0 unspecified atom stereocenters. The summed E-state index contributed by atoms with van der Waals surface area (Å²) in [6.45, 7) is 12.6. The van der Waals surface area contributed by atoms with E-state index >= 15 is 0 Å². The molecule has 0 spiro atoms. The topological polar surface area (TPSA) is 3.24 Å². The standard InChI is InChI=1S/C31H43N/c1-5-27-18-19-30(21-24(27)3)29-16-14-26(15-17-29)22-32(31-13-9-10-23(2)20-31)25(4)28-11-7-6-8-12-28/h9-10,13,18-21,26,28-29H,4-8,11-12,14-17,22H2,1-3H3. The Hall–Kier alpha value is -2.02. The Balaban J connectivity index is 1.43. The summed E-state index contributed by atoms with van der Waals surface area (Å²) in [6, 6.07) is 16.3. The second-order valence-electron chi connectivity index (χ2n) is 10.5. The summed E-state index contributed by atoms with van der Waals surface area (Å²) in [5, 5.41) is 0. The van der Waals surface area contributed by atoms with Crippen LogP contribution in [0.25, 0.3) is 0 Å². The molecule has 0 heterocycles. The van der Waals surface area contributed by atoms with Gasteiger partial charge >= 0.3 is 0 Å². The van der Waals surface area contributed by atoms with Crippen LogP contribution in [0.3, 0.4) is 0 Å². The molecule has 0 bridgehead atoms. The summed E-state index contributed by atoms with van der Waals surface area (Å²) >= 11 is 0. The van der Waals surface area contributed by atoms with E-state index in [9.17, 15) is 0 Å². The molecule has 2 aromatic rings. The molecule has 0 aliphatic heterocycles. The van der Waals surface area contributed by atoms with Crippen LogP contribution in [0.1, 0.15) is 92.9 Å². The summed E-state index contributed by atoms with van der Waals surface area (Å²) in [4.78, 5) is 2.61. The largest absolute Gasteiger partial charge is 0.345 e. The molecule has 2 aromatic carbocycles. The number of benzene rings is 2. The van der Waals surface area contributed by atoms with Gasteiger partial charge in [-0.3, -0.25) is 0 Å². The van der Waals surface area contributed by atoms with Crippen molar-refractivity contribution in [3.05, 3.63) is 77.0 Å². The highest BCUT2D eigenvalue weighted by atomic mass is 15.1. The van der Waals surface area contributed by atoms with Gasteiger partial charge in [0.1, 0.15) is 0 Å². The van der Waals surface area contributed by atoms with Crippen LogP contribution in [-0.2, 0) is 6.42 Å². The van der Waals surface area contributed by atoms with E-state index in [0.717, 1.165) is 24.8 Å². The third kappa shape index (κ3) is 5.48. The van der Waals surface area contributed by atoms with Crippen molar-refractivity contribution >= 4 is 5.69 Å². The minimum absolute atomic E-state index is 0.667. The summed E-state index contributed by atoms with van der Waals surface area (Å²) in [5.41, 5.74) is 8.62. The molecule has 172 valence electrons. The Kier molecular flexibility index (Phi) is 7.76. The van der Waals surface area contributed by atoms with Crippen molar-refractivity contribution in [2.45, 2.75) is 90.9 Å². The van der Waals surface area contributed by atoms with E-state index in [1.165, 1.54) is 85.9 Å². The molecule has 0 saturated heterocycles. The zero-order valence-electron chi connectivity index (χ0n) is 20.7. The number of rotatable bonds is 7. The smallest absolute Gasteiger partial charge is 0.0410 e. The van der Waals surface area contributed by atoms with Crippen molar-refractivity contribution in [3.63, 3.8) is 0 Å². The van der Waals surface area contributed by atoms with Crippen LogP contribution >= 0.6 is 0 Å². The summed E-state index contributed by atoms with van der Waals surface area (Å²) in [5.74, 6) is 2.17. The van der Waals surface area contributed by atoms with Crippen LogP contribution in [0.15, 0.2) is 54.7 Å². The van der Waals surface area contributed by atoms with E-state index in [0.29, 0.717) is 5.92 Å². The van der Waals surface area contributed by atoms with Crippen LogP contribution in [0.5, 0.6) is 0 Å². The molecule has 1 heteroatoms. The Bertz CT molecular complexity index is 896. The van der Waals surface area contributed by atoms with Crippen molar-refractivity contribution in [2.75, 3.05) is 11.4 Å². The van der Waals surface area contributed by atoms with E-state index in [4.69, 9.17) is 0 Å². The Morgan fingerprint density at radius 3 is 2.31 bits per heavy atom. The van der Waals surface area contributed by atoms with Gasteiger partial charge in [0.25, 0.3) is 0 Å². The van der Waals surface area contributed by atoms with Crippen LogP contribution in [0, 0.1) is 25.7 Å². The molecule has 0 radical (unpaired) electrons. The number of hydrogen-bond acceptors (Lipinski definition) is 1. The van der Waals surface area contributed by atoms with Gasteiger partial charge in [-0.25, -0.2) is 0 Å². The molecule has 4 rings (SSSR count). The highest BCUT2D eigenvalue weighted by molar-refractivity contribution is 5.53. The minimum Gasteiger partial charge on any atom is -0.345 e. The summed E-state index contributed by atoms with van der Waals surface area (Å²) in [7, 11) is 0. The quantitative estimate of drug-likeness (QED) is 0.425. The minimum atomic E-state index is 0.667. The molecule has 2 fully saturated rings. The van der Waals surface area contributed by atoms with Crippen LogP contribution < -0.4 is 4.90 Å². The van der Waals surface area contributed by atoms with Crippen LogP contribution in [0.4, 0.5) is 5.69 Å². The lowest BCUT2D eigenvalue weighted by molar-refractivity contribution is 0.323. The maximum atomic E-state index is 4.66. The van der Waals surface area contributed by atoms with Gasteiger partial charge in [-0.2, -0.15) is 0 Å². The fourth-order valence-electron chi connectivity index (χ4n) is 6.15. The van der Waals surface area contributed by atoms with E-state index in [1.807, 2.05) is 0 Å². The second kappa shape index (κ2) is 10.7. The number of allylic oxidation sites excluding steroid dienone is 1. The van der Waals surface area contributed by atoms with E-state index in [-0.39, 0.29) is 0 Å². The van der Waals surface area contributed by atoms with Crippen LogP contribution in [-0.4, -0.2) is 6.54 Å². The monoisotopic (exact) mass is 429 g/mol. The normalized spacial score (nSPS) is 22.0. The molecule has 2 aliphatic rings. The first-order chi connectivity index (χ1) is 15.5. The molecule has 0 amide bonds. The number of hydrogen-bond donors (Lipinski definition) is 0. The van der Waals surface area contributed by atoms with E-state index in [2.05, 4.69) is 74.7 Å². The van der Waals surface area contributed by atoms with Crippen molar-refractivity contribution in [1.29, 1.82) is 0 Å². The van der Waals surface area contributed by atoms with Gasteiger partial charge in [-0.05, 0) is 111 Å². The van der Waals surface area contributed by atoms with Gasteiger partial charge < -0.3 is 4.90 Å². The fourth-order valence-corrected chi connectivity index (χ4v) is 6.15. The average molecular weight is 430 g/mol. The zero-order chi connectivity index (χ0) is 22.5. The first-order valence-corrected chi connectivity index (χ1v) is 13.2. The molecule has 1 nitrogen and oxygen atoms in total. The summed E-state index contributed by atoms with van der Waals surface area (Å²) in [6.07, 6.45) is 13.2. The highest BCUT2D eigenvalue weighted by Gasteiger charge is 2.28. The maximum Gasteiger partial charge on any atom is 0.0410 e. The lowest BCUT2D eigenvalue weighted by Gasteiger charge is -2.38. The molecular formula is C31H43N. The van der Waals surface area contributed by atoms with E-state index < -0.39 is 0 Å². The van der Waals surface area contributed by atoms with Crippen molar-refractivity contribution < 1.29 is 0 Å². The molecule has 0 atom stereocenters. The lowest BCUT2D eigenvalue weighted by Crippen LogP contribution is -2.33. The molecular weight excluding hydrogens is 386 g/mol. The Labute approximate surface area is 196 Å². The third-order valence-electron chi connectivity index (χ3n) is 8.24. The summed E-state index contributed by atoms with van der Waals surface area (Å²) < 4.78 is 0. The predicted octanol–water partition coefficient (Wildman–Crippen LogP) is 8.74. The molecule has 0 aromatic heterocycles. The first-order valence-electron chi connectivity index (χ1n) is 13.2. The second-order valence-corrected chi connectivity index (χ2v) is 10.5. The number of aryl methyl sites for hydroxylation is 3. The van der Waals surface area contributed by atoms with Crippen LogP contribution in [0.2, 0.25) is 0 Å². The van der Waals surface area contributed by atoms with Gasteiger partial charge in [0, 0.05) is 17.9 Å². The molecule has 32 heavy (non-hydrogen) atoms. The highest BCUT2D eigenvalue weighted by Crippen LogP contribution is 2.39. The average Bonchev–Trinajstić information content (AvgIpc) is 2.83. The van der Waals surface area contributed by atoms with Gasteiger partial charge in [0.05, 0.1) is 0 Å². The van der Waals surface area contributed by atoms with Crippen molar-refractivity contribution in [1.82, 2.24) is 0 Å². The number of anilines is 1. The first kappa shape index (κ1) is 23.1. The molecule has 2 aliphatic carbocycles. The maximum absolute atomic E-state index is 4.66. The van der Waals surface area contributed by atoms with Gasteiger partial charge in [-0.15, -0.1) is 0 Å². The molecule has 0 N–H and O–H groups in total. The Morgan fingerprint density at radius 1 is 0.906 bits per heavy atom. The number of nitrogens with zero attached hydrogens (tertiary/aromatic N) is 1. The predicted molar refractivity (Wildman–Crippen MR) is 139 cm³/mol. The SMILES string of the molecule is C=C(C1CCCCC1)N(CC1CCC(c2ccc(CC)c(C)c2)CC1)c1cccc(C)c1. The van der Waals surface area contributed by atoms with Crippen molar-refractivity contribution in [2.24, 2.45) is 11.8 Å². The van der Waals surface area contributed by atoms with Gasteiger partial charge in [0.15, 0.2) is 0 Å². The lowest BCUT2D eigenvalue weighted by atomic mass is 9.77. The van der Waals surface area contributed by atoms with E-state index in [1.54, 1.807) is 5.56 Å². The fraction of sp³-hybridized carbons (Fsp3) is 0.548. The van der Waals surface area contributed by atoms with Gasteiger partial charge in [-0.1, -0.05) is 63.1 Å². The van der Waals surface area contributed by atoms with Crippen molar-refractivity contribution in [3.8, 4) is 0 Å². The third-order valence-corrected chi connectivity index (χ3v) is 8.24. The Morgan fingerprint density at radius 2 is 1.66 bits per heavy atom. The zero-order valence-corrected chi connectivity index (χ0v) is 20.7.